The molecule has 0 saturated carbocycles. The van der Waals surface area contributed by atoms with Crippen LogP contribution in [-0.2, 0) is 14.3 Å². The van der Waals surface area contributed by atoms with E-state index >= 15 is 0 Å². The summed E-state index contributed by atoms with van der Waals surface area (Å²) in [6.45, 7) is 5.00. The molecule has 2 unspecified atom stereocenters. The first-order chi connectivity index (χ1) is 8.02. The van der Waals surface area contributed by atoms with Gasteiger partial charge in [-0.05, 0) is 12.3 Å². The number of hydrogen-bond acceptors (Lipinski definition) is 5. The van der Waals surface area contributed by atoms with E-state index in [9.17, 15) is 9.59 Å². The first-order valence-corrected chi connectivity index (χ1v) is 5.78. The van der Waals surface area contributed by atoms with Crippen LogP contribution in [0.2, 0.25) is 0 Å². The van der Waals surface area contributed by atoms with E-state index < -0.39 is 6.09 Å². The number of rotatable bonds is 6. The summed E-state index contributed by atoms with van der Waals surface area (Å²) >= 11 is 0. The Bertz CT molecular complexity index is 281. The van der Waals surface area contributed by atoms with Gasteiger partial charge in [0, 0.05) is 6.54 Å². The van der Waals surface area contributed by atoms with E-state index in [0.717, 1.165) is 0 Å². The second kappa shape index (κ2) is 6.44. The molecule has 98 valence electrons. The lowest BCUT2D eigenvalue weighted by Gasteiger charge is -2.19. The van der Waals surface area contributed by atoms with Crippen molar-refractivity contribution in [3.63, 3.8) is 0 Å². The SMILES string of the molecule is COC(=O)C(CC(C)C)NCC1CNC(=O)O1. The molecular weight excluding hydrogens is 224 g/mol. The van der Waals surface area contributed by atoms with Gasteiger partial charge in [-0.2, -0.15) is 0 Å². The topological polar surface area (TPSA) is 76.7 Å². The minimum Gasteiger partial charge on any atom is -0.468 e. The first kappa shape index (κ1) is 13.8. The highest BCUT2D eigenvalue weighted by atomic mass is 16.6. The van der Waals surface area contributed by atoms with E-state index in [4.69, 9.17) is 9.47 Å². The lowest BCUT2D eigenvalue weighted by Crippen LogP contribution is -2.43. The monoisotopic (exact) mass is 244 g/mol. The highest BCUT2D eigenvalue weighted by molar-refractivity contribution is 5.75. The summed E-state index contributed by atoms with van der Waals surface area (Å²) in [5.74, 6) is 0.104. The number of nitrogens with one attached hydrogen (secondary N) is 2. The number of cyclic esters (lactones) is 1. The van der Waals surface area contributed by atoms with Crippen molar-refractivity contribution in [1.29, 1.82) is 0 Å². The van der Waals surface area contributed by atoms with Gasteiger partial charge in [-0.3, -0.25) is 4.79 Å². The van der Waals surface area contributed by atoms with Gasteiger partial charge in [0.05, 0.1) is 13.7 Å². The summed E-state index contributed by atoms with van der Waals surface area (Å²) in [6, 6.07) is -0.348. The van der Waals surface area contributed by atoms with Crippen LogP contribution >= 0.6 is 0 Å². The minimum absolute atomic E-state index is 0.221. The van der Waals surface area contributed by atoms with Gasteiger partial charge in [0.15, 0.2) is 0 Å². The van der Waals surface area contributed by atoms with Gasteiger partial charge < -0.3 is 20.1 Å². The van der Waals surface area contributed by atoms with E-state index in [-0.39, 0.29) is 18.1 Å². The van der Waals surface area contributed by atoms with Crippen molar-refractivity contribution >= 4 is 12.1 Å². The summed E-state index contributed by atoms with van der Waals surface area (Å²) < 4.78 is 9.69. The number of carbonyl (C=O) groups is 2. The van der Waals surface area contributed by atoms with Crippen LogP contribution in [-0.4, -0.2) is 44.4 Å². The molecule has 2 atom stereocenters. The van der Waals surface area contributed by atoms with Gasteiger partial charge in [-0.25, -0.2) is 4.79 Å². The largest absolute Gasteiger partial charge is 0.468 e. The fourth-order valence-electron chi connectivity index (χ4n) is 1.70. The van der Waals surface area contributed by atoms with E-state index in [1.807, 2.05) is 13.8 Å². The van der Waals surface area contributed by atoms with Gasteiger partial charge in [-0.15, -0.1) is 0 Å². The zero-order valence-corrected chi connectivity index (χ0v) is 10.5. The summed E-state index contributed by atoms with van der Waals surface area (Å²) in [6.07, 6.45) is 0.0675. The number of carbonyl (C=O) groups excluding carboxylic acids is 2. The van der Waals surface area contributed by atoms with Crippen molar-refractivity contribution in [3.8, 4) is 0 Å². The number of alkyl carbamates (subject to hydrolysis) is 1. The van der Waals surface area contributed by atoms with E-state index in [2.05, 4.69) is 10.6 Å². The average molecular weight is 244 g/mol. The molecule has 0 spiro atoms. The Hall–Kier alpha value is -1.30. The number of esters is 1. The van der Waals surface area contributed by atoms with Crippen LogP contribution in [0.25, 0.3) is 0 Å². The predicted molar refractivity (Wildman–Crippen MR) is 61.5 cm³/mol. The second-order valence-electron chi connectivity index (χ2n) is 4.52. The predicted octanol–water partition coefficient (Wildman–Crippen LogP) is 0.272. The molecule has 0 radical (unpaired) electrons. The first-order valence-electron chi connectivity index (χ1n) is 5.78. The quantitative estimate of drug-likeness (QED) is 0.656. The Balaban J connectivity index is 2.37. The number of ether oxygens (including phenoxy) is 2. The smallest absolute Gasteiger partial charge is 0.407 e. The zero-order chi connectivity index (χ0) is 12.8. The minimum atomic E-state index is -0.407. The lowest BCUT2D eigenvalue weighted by molar-refractivity contribution is -0.143. The van der Waals surface area contributed by atoms with Crippen LogP contribution in [0, 0.1) is 5.92 Å². The van der Waals surface area contributed by atoms with Crippen molar-refractivity contribution in [2.75, 3.05) is 20.2 Å². The highest BCUT2D eigenvalue weighted by Crippen LogP contribution is 2.07. The number of hydrogen-bond donors (Lipinski definition) is 2. The molecule has 0 bridgehead atoms. The molecule has 6 heteroatoms. The van der Waals surface area contributed by atoms with E-state index in [1.165, 1.54) is 7.11 Å². The van der Waals surface area contributed by atoms with Crippen LogP contribution in [0.1, 0.15) is 20.3 Å². The van der Waals surface area contributed by atoms with Crippen LogP contribution in [0.15, 0.2) is 0 Å². The van der Waals surface area contributed by atoms with Crippen molar-refractivity contribution in [1.82, 2.24) is 10.6 Å². The Labute approximate surface area is 101 Å². The molecule has 1 aliphatic rings. The normalized spacial score (nSPS) is 20.9. The fourth-order valence-corrected chi connectivity index (χ4v) is 1.70. The molecule has 0 aliphatic carbocycles. The van der Waals surface area contributed by atoms with Crippen molar-refractivity contribution in [3.05, 3.63) is 0 Å². The van der Waals surface area contributed by atoms with Gasteiger partial charge >= 0.3 is 12.1 Å². The summed E-state index contributed by atoms with van der Waals surface area (Å²) in [7, 11) is 1.37. The summed E-state index contributed by atoms with van der Waals surface area (Å²) in [5, 5.41) is 5.63. The van der Waals surface area contributed by atoms with E-state index in [1.54, 1.807) is 0 Å². The van der Waals surface area contributed by atoms with Crippen molar-refractivity contribution < 1.29 is 19.1 Å². The Morgan fingerprint density at radius 2 is 2.35 bits per heavy atom. The molecule has 0 aromatic rings. The van der Waals surface area contributed by atoms with Crippen molar-refractivity contribution in [2.45, 2.75) is 32.4 Å². The Morgan fingerprint density at radius 1 is 1.65 bits per heavy atom. The third-order valence-corrected chi connectivity index (χ3v) is 2.53. The fraction of sp³-hybridized carbons (Fsp3) is 0.818. The number of amides is 1. The van der Waals surface area contributed by atoms with Crippen molar-refractivity contribution in [2.24, 2.45) is 5.92 Å². The van der Waals surface area contributed by atoms with Gasteiger partial charge in [0.2, 0.25) is 0 Å². The van der Waals surface area contributed by atoms with Crippen LogP contribution in [0.4, 0.5) is 4.79 Å². The molecule has 1 saturated heterocycles. The molecule has 1 aliphatic heterocycles. The van der Waals surface area contributed by atoms with Gasteiger partial charge in [-0.1, -0.05) is 13.8 Å². The maximum absolute atomic E-state index is 11.5. The average Bonchev–Trinajstić information content (AvgIpc) is 2.68. The molecule has 1 heterocycles. The Kier molecular flexibility index (Phi) is 5.21. The molecule has 2 N–H and O–H groups in total. The highest BCUT2D eigenvalue weighted by Gasteiger charge is 2.26. The Morgan fingerprint density at radius 3 is 2.82 bits per heavy atom. The standard InChI is InChI=1S/C11H20N2O4/c1-7(2)4-9(10(14)16-3)12-5-8-6-13-11(15)17-8/h7-9,12H,4-6H2,1-3H3,(H,13,15). The second-order valence-corrected chi connectivity index (χ2v) is 4.52. The third kappa shape index (κ3) is 4.60. The molecular formula is C11H20N2O4. The number of methoxy groups -OCH3 is 1. The molecule has 17 heavy (non-hydrogen) atoms. The van der Waals surface area contributed by atoms with Gasteiger partial charge in [0.1, 0.15) is 12.1 Å². The van der Waals surface area contributed by atoms with Crippen LogP contribution < -0.4 is 10.6 Å². The lowest BCUT2D eigenvalue weighted by atomic mass is 10.0. The van der Waals surface area contributed by atoms with Crippen LogP contribution in [0.3, 0.4) is 0 Å². The van der Waals surface area contributed by atoms with Gasteiger partial charge in [0.25, 0.3) is 0 Å². The molecule has 0 aromatic carbocycles. The van der Waals surface area contributed by atoms with Crippen LogP contribution in [0.5, 0.6) is 0 Å². The molecule has 1 amide bonds. The maximum Gasteiger partial charge on any atom is 0.407 e. The summed E-state index contributed by atoms with van der Waals surface area (Å²) in [4.78, 5) is 22.3. The summed E-state index contributed by atoms with van der Waals surface area (Å²) in [5.41, 5.74) is 0. The maximum atomic E-state index is 11.5. The third-order valence-electron chi connectivity index (χ3n) is 2.53. The molecule has 6 nitrogen and oxygen atoms in total. The molecule has 0 aromatic heterocycles. The van der Waals surface area contributed by atoms with E-state index in [0.29, 0.717) is 25.4 Å². The zero-order valence-electron chi connectivity index (χ0n) is 10.5. The molecule has 1 rings (SSSR count). The molecule has 1 fully saturated rings.